The largest absolute Gasteiger partial charge is 0.459 e. The van der Waals surface area contributed by atoms with Crippen LogP contribution in [-0.2, 0) is 38.7 Å². The SMILES string of the molecule is CC(C)CN(C[C@H](O)C(=O)OCc1ccccc1)C(=O)N[C@H](Cc1ccc2ccccc2c1)C(=O)OCc1ccccc1. The van der Waals surface area contributed by atoms with Gasteiger partial charge in [-0.05, 0) is 33.4 Å². The molecule has 2 amide bonds. The summed E-state index contributed by atoms with van der Waals surface area (Å²) in [5.41, 5.74) is 2.45. The number of benzene rings is 4. The Morgan fingerprint density at radius 1 is 0.698 bits per heavy atom. The zero-order chi connectivity index (χ0) is 30.6. The molecule has 0 spiro atoms. The predicted octanol–water partition coefficient (Wildman–Crippen LogP) is 5.27. The van der Waals surface area contributed by atoms with Gasteiger partial charge < -0.3 is 24.8 Å². The molecule has 0 fully saturated rings. The highest BCUT2D eigenvalue weighted by Gasteiger charge is 2.29. The second-order valence-corrected chi connectivity index (χ2v) is 10.9. The summed E-state index contributed by atoms with van der Waals surface area (Å²) in [6.45, 7) is 3.86. The third kappa shape index (κ3) is 9.68. The van der Waals surface area contributed by atoms with Crippen LogP contribution < -0.4 is 5.32 Å². The van der Waals surface area contributed by atoms with E-state index in [-0.39, 0.29) is 38.6 Å². The Kier molecular flexibility index (Phi) is 11.3. The lowest BCUT2D eigenvalue weighted by atomic mass is 10.0. The number of aliphatic hydroxyl groups is 1. The van der Waals surface area contributed by atoms with Gasteiger partial charge in [0, 0.05) is 13.0 Å². The van der Waals surface area contributed by atoms with E-state index in [1.54, 1.807) is 0 Å². The number of hydrogen-bond donors (Lipinski definition) is 2. The van der Waals surface area contributed by atoms with E-state index in [1.165, 1.54) is 4.90 Å². The second-order valence-electron chi connectivity index (χ2n) is 10.9. The molecule has 8 heteroatoms. The van der Waals surface area contributed by atoms with Crippen LogP contribution in [0.4, 0.5) is 4.79 Å². The van der Waals surface area contributed by atoms with E-state index in [2.05, 4.69) is 5.32 Å². The number of carbonyl (C=O) groups is 3. The fourth-order valence-electron chi connectivity index (χ4n) is 4.65. The Hall–Kier alpha value is -4.69. The number of ether oxygens (including phenoxy) is 2. The van der Waals surface area contributed by atoms with Gasteiger partial charge >= 0.3 is 18.0 Å². The average Bonchev–Trinajstić information content (AvgIpc) is 3.02. The number of carbonyl (C=O) groups excluding carboxylic acids is 3. The number of rotatable bonds is 13. The van der Waals surface area contributed by atoms with Gasteiger partial charge in [0.05, 0.1) is 6.54 Å². The summed E-state index contributed by atoms with van der Waals surface area (Å²) >= 11 is 0. The summed E-state index contributed by atoms with van der Waals surface area (Å²) in [7, 11) is 0. The van der Waals surface area contributed by atoms with Gasteiger partial charge in [-0.2, -0.15) is 0 Å². The van der Waals surface area contributed by atoms with Crippen molar-refractivity contribution in [2.45, 2.75) is 45.6 Å². The van der Waals surface area contributed by atoms with Crippen molar-refractivity contribution in [3.05, 3.63) is 120 Å². The summed E-state index contributed by atoms with van der Waals surface area (Å²) in [6.07, 6.45) is -1.36. The average molecular weight is 583 g/mol. The van der Waals surface area contributed by atoms with Crippen molar-refractivity contribution < 1.29 is 29.0 Å². The van der Waals surface area contributed by atoms with Crippen molar-refractivity contribution in [2.24, 2.45) is 5.92 Å². The minimum absolute atomic E-state index is 0.00813. The smallest absolute Gasteiger partial charge is 0.337 e. The quantitative estimate of drug-likeness (QED) is 0.208. The molecule has 4 aromatic rings. The summed E-state index contributed by atoms with van der Waals surface area (Å²) in [5, 5.41) is 15.5. The number of esters is 2. The van der Waals surface area contributed by atoms with E-state index in [4.69, 9.17) is 9.47 Å². The predicted molar refractivity (Wildman–Crippen MR) is 165 cm³/mol. The van der Waals surface area contributed by atoms with Gasteiger partial charge in [0.25, 0.3) is 0 Å². The van der Waals surface area contributed by atoms with Crippen LogP contribution in [0.1, 0.15) is 30.5 Å². The van der Waals surface area contributed by atoms with Crippen molar-refractivity contribution in [1.82, 2.24) is 10.2 Å². The van der Waals surface area contributed by atoms with Crippen LogP contribution in [-0.4, -0.2) is 53.2 Å². The van der Waals surface area contributed by atoms with Gasteiger partial charge in [-0.3, -0.25) is 0 Å². The van der Waals surface area contributed by atoms with E-state index in [0.717, 1.165) is 27.5 Å². The number of aliphatic hydroxyl groups excluding tert-OH is 1. The van der Waals surface area contributed by atoms with Crippen molar-refractivity contribution in [1.29, 1.82) is 0 Å². The molecule has 2 N–H and O–H groups in total. The molecule has 0 aliphatic heterocycles. The first-order valence-electron chi connectivity index (χ1n) is 14.4. The van der Waals surface area contributed by atoms with Gasteiger partial charge in [-0.25, -0.2) is 14.4 Å². The normalized spacial score (nSPS) is 12.4. The van der Waals surface area contributed by atoms with Crippen LogP contribution in [0.3, 0.4) is 0 Å². The highest BCUT2D eigenvalue weighted by atomic mass is 16.5. The Labute approximate surface area is 252 Å². The van der Waals surface area contributed by atoms with E-state index >= 15 is 0 Å². The molecule has 2 atom stereocenters. The van der Waals surface area contributed by atoms with Crippen molar-refractivity contribution in [3.8, 4) is 0 Å². The van der Waals surface area contributed by atoms with Crippen LogP contribution in [0.2, 0.25) is 0 Å². The number of urea groups is 1. The fraction of sp³-hybridized carbons (Fsp3) is 0.286. The summed E-state index contributed by atoms with van der Waals surface area (Å²) < 4.78 is 10.9. The molecule has 224 valence electrons. The van der Waals surface area contributed by atoms with E-state index in [1.807, 2.05) is 117 Å². The second kappa shape index (κ2) is 15.5. The Balaban J connectivity index is 1.47. The summed E-state index contributed by atoms with van der Waals surface area (Å²) in [4.78, 5) is 40.8. The molecule has 0 bridgehead atoms. The van der Waals surface area contributed by atoms with Crippen molar-refractivity contribution >= 4 is 28.7 Å². The highest BCUT2D eigenvalue weighted by Crippen LogP contribution is 2.18. The Bertz CT molecular complexity index is 1490. The fourth-order valence-corrected chi connectivity index (χ4v) is 4.65. The molecule has 43 heavy (non-hydrogen) atoms. The highest BCUT2D eigenvalue weighted by molar-refractivity contribution is 5.86. The lowest BCUT2D eigenvalue weighted by molar-refractivity contribution is -0.155. The zero-order valence-corrected chi connectivity index (χ0v) is 24.5. The van der Waals surface area contributed by atoms with Crippen molar-refractivity contribution in [3.63, 3.8) is 0 Å². The summed E-state index contributed by atoms with van der Waals surface area (Å²) in [5.74, 6) is -1.39. The molecule has 0 aliphatic rings. The number of hydrogen-bond acceptors (Lipinski definition) is 6. The molecular weight excluding hydrogens is 544 g/mol. The standard InChI is InChI=1S/C35H38N2O6/c1-25(2)21-37(22-32(38)34(40)43-24-27-13-7-4-8-14-27)35(41)36-31(33(39)42-23-26-11-5-3-6-12-26)20-28-17-18-29-15-9-10-16-30(29)19-28/h3-19,25,31-32,38H,20-24H2,1-2H3,(H,36,41)/t31-,32+/m1/s1. The third-order valence-corrected chi connectivity index (χ3v) is 6.82. The number of fused-ring (bicyclic) bond motifs is 1. The molecule has 4 aromatic carbocycles. The molecule has 0 unspecified atom stereocenters. The first-order valence-corrected chi connectivity index (χ1v) is 14.4. The maximum atomic E-state index is 13.6. The van der Waals surface area contributed by atoms with Crippen LogP contribution in [0.15, 0.2) is 103 Å². The minimum atomic E-state index is -1.56. The Morgan fingerprint density at radius 2 is 1.26 bits per heavy atom. The monoisotopic (exact) mass is 582 g/mol. The van der Waals surface area contributed by atoms with E-state index < -0.39 is 30.1 Å². The minimum Gasteiger partial charge on any atom is -0.459 e. The van der Waals surface area contributed by atoms with Crippen LogP contribution in [0.5, 0.6) is 0 Å². The lowest BCUT2D eigenvalue weighted by Crippen LogP contribution is -2.52. The van der Waals surface area contributed by atoms with Crippen LogP contribution in [0, 0.1) is 5.92 Å². The number of nitrogens with zero attached hydrogens (tertiary/aromatic N) is 1. The van der Waals surface area contributed by atoms with Crippen LogP contribution >= 0.6 is 0 Å². The lowest BCUT2D eigenvalue weighted by Gasteiger charge is -2.28. The molecule has 0 aliphatic carbocycles. The molecule has 0 heterocycles. The maximum absolute atomic E-state index is 13.6. The van der Waals surface area contributed by atoms with Gasteiger partial charge in [0.2, 0.25) is 0 Å². The summed E-state index contributed by atoms with van der Waals surface area (Å²) in [6, 6.07) is 30.6. The van der Waals surface area contributed by atoms with Crippen LogP contribution in [0.25, 0.3) is 10.8 Å². The topological polar surface area (TPSA) is 105 Å². The maximum Gasteiger partial charge on any atom is 0.337 e. The molecule has 0 radical (unpaired) electrons. The van der Waals surface area contributed by atoms with Gasteiger partial charge in [0.1, 0.15) is 19.3 Å². The van der Waals surface area contributed by atoms with Gasteiger partial charge in [-0.1, -0.05) is 117 Å². The molecule has 8 nitrogen and oxygen atoms in total. The van der Waals surface area contributed by atoms with Gasteiger partial charge in [-0.15, -0.1) is 0 Å². The number of nitrogens with one attached hydrogen (secondary N) is 1. The van der Waals surface area contributed by atoms with E-state index in [0.29, 0.717) is 0 Å². The Morgan fingerprint density at radius 3 is 1.86 bits per heavy atom. The van der Waals surface area contributed by atoms with Gasteiger partial charge in [0.15, 0.2) is 6.10 Å². The first-order chi connectivity index (χ1) is 20.8. The first kappa shape index (κ1) is 31.3. The van der Waals surface area contributed by atoms with Crippen molar-refractivity contribution in [2.75, 3.05) is 13.1 Å². The molecule has 4 rings (SSSR count). The zero-order valence-electron chi connectivity index (χ0n) is 24.5. The molecule has 0 saturated heterocycles. The molecule has 0 saturated carbocycles. The molecule has 0 aromatic heterocycles. The molecular formula is C35H38N2O6. The number of amides is 2. The van der Waals surface area contributed by atoms with E-state index in [9.17, 15) is 19.5 Å². The third-order valence-electron chi connectivity index (χ3n) is 6.82.